The first-order valence-corrected chi connectivity index (χ1v) is 7.46. The zero-order valence-electron chi connectivity index (χ0n) is 13.0. The molecule has 0 aliphatic heterocycles. The molecular weight excluding hydrogens is 236 g/mol. The van der Waals surface area contributed by atoms with Crippen molar-refractivity contribution in [2.24, 2.45) is 13.0 Å². The maximum Gasteiger partial charge on any atom is 0.131 e. The van der Waals surface area contributed by atoms with Crippen molar-refractivity contribution in [3.8, 4) is 0 Å². The Balaban J connectivity index is 2.12. The minimum absolute atomic E-state index is 0.504. The van der Waals surface area contributed by atoms with E-state index in [1.165, 1.54) is 30.6 Å². The fourth-order valence-corrected chi connectivity index (χ4v) is 2.83. The lowest BCUT2D eigenvalue weighted by Gasteiger charge is -2.31. The van der Waals surface area contributed by atoms with Gasteiger partial charge in [-0.1, -0.05) is 20.3 Å². The summed E-state index contributed by atoms with van der Waals surface area (Å²) in [6.45, 7) is 8.54. The molecule has 0 amide bonds. The minimum Gasteiger partial charge on any atom is -0.359 e. The maximum atomic E-state index is 4.60. The van der Waals surface area contributed by atoms with Crippen molar-refractivity contribution in [2.45, 2.75) is 52.6 Å². The zero-order valence-corrected chi connectivity index (χ0v) is 13.0. The number of anilines is 1. The minimum atomic E-state index is 0.504. The first-order valence-electron chi connectivity index (χ1n) is 7.46. The van der Waals surface area contributed by atoms with Gasteiger partial charge in [-0.05, 0) is 25.7 Å². The molecule has 0 bridgehead atoms. The number of aryl methyl sites for hydroxylation is 2. The van der Waals surface area contributed by atoms with E-state index in [2.05, 4.69) is 50.2 Å². The van der Waals surface area contributed by atoms with Gasteiger partial charge in [0, 0.05) is 38.8 Å². The third-order valence-electron chi connectivity index (χ3n) is 4.12. The van der Waals surface area contributed by atoms with E-state index < -0.39 is 0 Å². The van der Waals surface area contributed by atoms with E-state index in [1.807, 2.05) is 4.68 Å². The Morgan fingerprint density at radius 3 is 2.63 bits per heavy atom. The number of aromatic nitrogens is 2. The lowest BCUT2D eigenvalue weighted by molar-refractivity contribution is 0.320. The van der Waals surface area contributed by atoms with Crippen LogP contribution >= 0.6 is 0 Å². The second-order valence-electron chi connectivity index (χ2n) is 6.22. The van der Waals surface area contributed by atoms with Gasteiger partial charge in [0.1, 0.15) is 5.82 Å². The van der Waals surface area contributed by atoms with Crippen LogP contribution in [0.3, 0.4) is 0 Å². The summed E-state index contributed by atoms with van der Waals surface area (Å²) in [6, 6.07) is 0.504. The van der Waals surface area contributed by atoms with Crippen LogP contribution < -0.4 is 10.2 Å². The summed E-state index contributed by atoms with van der Waals surface area (Å²) in [7, 11) is 4.26. The number of rotatable bonds is 6. The summed E-state index contributed by atoms with van der Waals surface area (Å²) >= 11 is 0. The van der Waals surface area contributed by atoms with Crippen LogP contribution in [0, 0.1) is 12.8 Å². The van der Waals surface area contributed by atoms with Gasteiger partial charge in [-0.15, -0.1) is 0 Å². The molecule has 0 atom stereocenters. The molecule has 1 heterocycles. The second kappa shape index (κ2) is 5.95. The van der Waals surface area contributed by atoms with E-state index in [9.17, 15) is 0 Å². The standard InChI is InChI=1S/C15H28N4/c1-11(2)16-9-14-12(3)17-19(5)15(14)18(4)10-13-7-6-8-13/h11,13,16H,6-10H2,1-5H3. The maximum absolute atomic E-state index is 4.60. The highest BCUT2D eigenvalue weighted by molar-refractivity contribution is 5.49. The Morgan fingerprint density at radius 1 is 1.42 bits per heavy atom. The van der Waals surface area contributed by atoms with Crippen LogP contribution in [0.2, 0.25) is 0 Å². The largest absolute Gasteiger partial charge is 0.359 e. The molecule has 2 rings (SSSR count). The molecule has 1 saturated carbocycles. The van der Waals surface area contributed by atoms with Gasteiger partial charge in [-0.3, -0.25) is 4.68 Å². The van der Waals surface area contributed by atoms with E-state index in [-0.39, 0.29) is 0 Å². The summed E-state index contributed by atoms with van der Waals surface area (Å²) in [5.74, 6) is 2.16. The Morgan fingerprint density at radius 2 is 2.11 bits per heavy atom. The van der Waals surface area contributed by atoms with Crippen molar-refractivity contribution < 1.29 is 0 Å². The number of hydrogen-bond donors (Lipinski definition) is 1. The Labute approximate surface area is 117 Å². The molecular formula is C15H28N4. The molecule has 108 valence electrons. The van der Waals surface area contributed by atoms with E-state index >= 15 is 0 Å². The van der Waals surface area contributed by atoms with Crippen molar-refractivity contribution in [3.05, 3.63) is 11.3 Å². The molecule has 1 fully saturated rings. The van der Waals surface area contributed by atoms with E-state index in [4.69, 9.17) is 0 Å². The van der Waals surface area contributed by atoms with Crippen LogP contribution in [0.5, 0.6) is 0 Å². The smallest absolute Gasteiger partial charge is 0.131 e. The Kier molecular flexibility index (Phi) is 4.50. The molecule has 0 aromatic carbocycles. The van der Waals surface area contributed by atoms with Gasteiger partial charge in [0.15, 0.2) is 0 Å². The highest BCUT2D eigenvalue weighted by Gasteiger charge is 2.23. The molecule has 0 spiro atoms. The third kappa shape index (κ3) is 3.30. The summed E-state index contributed by atoms with van der Waals surface area (Å²) in [4.78, 5) is 2.39. The number of nitrogens with one attached hydrogen (secondary N) is 1. The average molecular weight is 264 g/mol. The van der Waals surface area contributed by atoms with E-state index in [1.54, 1.807) is 0 Å². The highest BCUT2D eigenvalue weighted by atomic mass is 15.4. The quantitative estimate of drug-likeness (QED) is 0.857. The molecule has 1 aromatic rings. The van der Waals surface area contributed by atoms with Crippen molar-refractivity contribution in [1.82, 2.24) is 15.1 Å². The van der Waals surface area contributed by atoms with E-state index in [0.717, 1.165) is 24.7 Å². The number of hydrogen-bond acceptors (Lipinski definition) is 3. The Hall–Kier alpha value is -1.03. The Bertz CT molecular complexity index is 418. The summed E-state index contributed by atoms with van der Waals surface area (Å²) in [5, 5.41) is 8.11. The third-order valence-corrected chi connectivity index (χ3v) is 4.12. The normalized spacial score (nSPS) is 15.9. The second-order valence-corrected chi connectivity index (χ2v) is 6.22. The topological polar surface area (TPSA) is 33.1 Å². The van der Waals surface area contributed by atoms with Crippen molar-refractivity contribution in [2.75, 3.05) is 18.5 Å². The molecule has 0 unspecified atom stereocenters. The van der Waals surface area contributed by atoms with Gasteiger partial charge in [0.2, 0.25) is 0 Å². The van der Waals surface area contributed by atoms with E-state index in [0.29, 0.717) is 6.04 Å². The van der Waals surface area contributed by atoms with Crippen LogP contribution in [0.25, 0.3) is 0 Å². The predicted molar refractivity (Wildman–Crippen MR) is 80.5 cm³/mol. The fourth-order valence-electron chi connectivity index (χ4n) is 2.83. The summed E-state index contributed by atoms with van der Waals surface area (Å²) in [6.07, 6.45) is 4.19. The van der Waals surface area contributed by atoms with Gasteiger partial charge >= 0.3 is 0 Å². The van der Waals surface area contributed by atoms with Crippen LogP contribution in [0.15, 0.2) is 0 Å². The van der Waals surface area contributed by atoms with Crippen molar-refractivity contribution >= 4 is 5.82 Å². The van der Waals surface area contributed by atoms with Gasteiger partial charge in [-0.2, -0.15) is 5.10 Å². The fraction of sp³-hybridized carbons (Fsp3) is 0.800. The molecule has 0 saturated heterocycles. The SMILES string of the molecule is Cc1nn(C)c(N(C)CC2CCC2)c1CNC(C)C. The van der Waals surface area contributed by atoms with Gasteiger partial charge in [-0.25, -0.2) is 0 Å². The molecule has 1 aliphatic carbocycles. The molecule has 0 radical (unpaired) electrons. The zero-order chi connectivity index (χ0) is 14.0. The molecule has 1 aromatic heterocycles. The average Bonchev–Trinajstić information content (AvgIpc) is 2.55. The molecule has 1 aliphatic rings. The van der Waals surface area contributed by atoms with Crippen LogP contribution in [-0.2, 0) is 13.6 Å². The van der Waals surface area contributed by atoms with Gasteiger partial charge in [0.05, 0.1) is 5.69 Å². The monoisotopic (exact) mass is 264 g/mol. The van der Waals surface area contributed by atoms with Gasteiger partial charge in [0.25, 0.3) is 0 Å². The van der Waals surface area contributed by atoms with Crippen LogP contribution in [0.4, 0.5) is 5.82 Å². The lowest BCUT2D eigenvalue weighted by Crippen LogP contribution is -2.32. The number of nitrogens with zero attached hydrogens (tertiary/aromatic N) is 3. The highest BCUT2D eigenvalue weighted by Crippen LogP contribution is 2.30. The molecule has 19 heavy (non-hydrogen) atoms. The van der Waals surface area contributed by atoms with Crippen LogP contribution in [-0.4, -0.2) is 29.4 Å². The van der Waals surface area contributed by atoms with Crippen molar-refractivity contribution in [1.29, 1.82) is 0 Å². The van der Waals surface area contributed by atoms with Crippen LogP contribution in [0.1, 0.15) is 44.4 Å². The molecule has 4 nitrogen and oxygen atoms in total. The lowest BCUT2D eigenvalue weighted by atomic mass is 9.85. The molecule has 4 heteroatoms. The first kappa shape index (κ1) is 14.4. The first-order chi connectivity index (χ1) is 8.99. The van der Waals surface area contributed by atoms with Gasteiger partial charge < -0.3 is 10.2 Å². The van der Waals surface area contributed by atoms with Crippen molar-refractivity contribution in [3.63, 3.8) is 0 Å². The predicted octanol–water partition coefficient (Wildman–Crippen LogP) is 2.46. The summed E-state index contributed by atoms with van der Waals surface area (Å²) in [5.41, 5.74) is 2.49. The summed E-state index contributed by atoms with van der Waals surface area (Å²) < 4.78 is 2.03. The molecule has 1 N–H and O–H groups in total.